The molecule has 0 unspecified atom stereocenters. The van der Waals surface area contributed by atoms with Crippen LogP contribution in [0.3, 0.4) is 0 Å². The van der Waals surface area contributed by atoms with Crippen LogP contribution < -0.4 is 20.9 Å². The highest BCUT2D eigenvalue weighted by Gasteiger charge is 2.07. The number of aryl methyl sites for hydroxylation is 1. The molecule has 138 valence electrons. The Morgan fingerprint density at radius 2 is 1.77 bits per heavy atom. The van der Waals surface area contributed by atoms with Crippen LogP contribution in [0.2, 0.25) is 0 Å². The predicted molar refractivity (Wildman–Crippen MR) is 105 cm³/mol. The van der Waals surface area contributed by atoms with E-state index in [2.05, 4.69) is 20.9 Å². The largest absolute Gasteiger partial charge is 0.435 e. The molecule has 3 N–H and O–H groups in total. The molecule has 0 saturated carbocycles. The second-order valence-electron chi connectivity index (χ2n) is 5.56. The third-order valence-electron chi connectivity index (χ3n) is 3.84. The fourth-order valence-electron chi connectivity index (χ4n) is 2.29. The fraction of sp³-hybridized carbons (Fsp3) is 0.211. The van der Waals surface area contributed by atoms with Gasteiger partial charge in [0, 0.05) is 5.69 Å². The van der Waals surface area contributed by atoms with Crippen molar-refractivity contribution in [2.45, 2.75) is 27.4 Å². The summed E-state index contributed by atoms with van der Waals surface area (Å²) >= 11 is 5.31. The number of hydrazine groups is 1. The molecule has 0 bridgehead atoms. The Labute approximate surface area is 157 Å². The molecule has 2 rings (SSSR count). The summed E-state index contributed by atoms with van der Waals surface area (Å²) in [5, 5.41) is 3.55. The Kier molecular flexibility index (Phi) is 6.91. The lowest BCUT2D eigenvalue weighted by molar-refractivity contribution is -0.0498. The van der Waals surface area contributed by atoms with Crippen molar-refractivity contribution in [1.29, 1.82) is 0 Å². The molecule has 0 aromatic heterocycles. The normalized spacial score (nSPS) is 11.2. The third-order valence-corrected chi connectivity index (χ3v) is 4.05. The summed E-state index contributed by atoms with van der Waals surface area (Å²) in [6, 6.07) is 12.3. The van der Waals surface area contributed by atoms with Gasteiger partial charge < -0.3 is 10.1 Å². The van der Waals surface area contributed by atoms with Gasteiger partial charge in [0.25, 0.3) is 0 Å². The van der Waals surface area contributed by atoms with Gasteiger partial charge in [0.05, 0.1) is 5.70 Å². The number of thiocarbonyl (C=S) groups is 1. The van der Waals surface area contributed by atoms with Crippen LogP contribution in [0.1, 0.15) is 23.6 Å². The first-order valence-corrected chi connectivity index (χ1v) is 8.42. The third kappa shape index (κ3) is 5.42. The van der Waals surface area contributed by atoms with Crippen LogP contribution >= 0.6 is 12.2 Å². The zero-order chi connectivity index (χ0) is 19.1. The lowest BCUT2D eigenvalue weighted by atomic mass is 10.1. The first kappa shape index (κ1) is 19.7. The maximum Gasteiger partial charge on any atom is 0.387 e. The molecule has 0 heterocycles. The molecule has 2 aromatic carbocycles. The van der Waals surface area contributed by atoms with E-state index in [0.29, 0.717) is 5.11 Å². The number of hydrogen-bond acceptors (Lipinski definition) is 3. The highest BCUT2D eigenvalue weighted by Crippen LogP contribution is 2.19. The maximum atomic E-state index is 12.2. The Balaban J connectivity index is 1.96. The van der Waals surface area contributed by atoms with Crippen molar-refractivity contribution in [1.82, 2.24) is 10.9 Å². The Bertz CT molecular complexity index is 792. The van der Waals surface area contributed by atoms with E-state index in [0.717, 1.165) is 22.5 Å². The van der Waals surface area contributed by atoms with E-state index in [4.69, 9.17) is 12.2 Å². The standard InChI is InChI=1S/C19H21F2N3OS/c1-4-16(14-8-10-15(11-9-14)25-18(20)21)23-24-19(26)22-17-7-5-6-12(2)13(17)3/h4-11,18,23H,1-3H3,(H2,22,24,26)/b16-4-. The van der Waals surface area contributed by atoms with E-state index in [1.807, 2.05) is 45.0 Å². The summed E-state index contributed by atoms with van der Waals surface area (Å²) in [6.07, 6.45) is 1.84. The molecule has 0 fully saturated rings. The number of rotatable bonds is 6. The Morgan fingerprint density at radius 3 is 2.38 bits per heavy atom. The van der Waals surface area contributed by atoms with Gasteiger partial charge in [0.1, 0.15) is 5.75 Å². The highest BCUT2D eigenvalue weighted by molar-refractivity contribution is 7.80. The molecular weight excluding hydrogens is 356 g/mol. The topological polar surface area (TPSA) is 45.3 Å². The second-order valence-corrected chi connectivity index (χ2v) is 5.97. The number of ether oxygens (including phenoxy) is 1. The first-order valence-electron chi connectivity index (χ1n) is 8.01. The fourth-order valence-corrected chi connectivity index (χ4v) is 2.45. The monoisotopic (exact) mass is 377 g/mol. The van der Waals surface area contributed by atoms with Crippen LogP contribution in [0.15, 0.2) is 48.5 Å². The van der Waals surface area contributed by atoms with Crippen LogP contribution in [0.4, 0.5) is 14.5 Å². The van der Waals surface area contributed by atoms with Gasteiger partial charge in [-0.2, -0.15) is 8.78 Å². The smallest absolute Gasteiger partial charge is 0.387 e. The van der Waals surface area contributed by atoms with Crippen LogP contribution in [0.25, 0.3) is 5.70 Å². The Morgan fingerprint density at radius 1 is 1.08 bits per heavy atom. The lowest BCUT2D eigenvalue weighted by Gasteiger charge is -2.17. The number of nitrogens with one attached hydrogen (secondary N) is 3. The van der Waals surface area contributed by atoms with Crippen LogP contribution in [-0.4, -0.2) is 11.7 Å². The molecule has 0 aliphatic heterocycles. The number of benzene rings is 2. The molecular formula is C19H21F2N3OS. The summed E-state index contributed by atoms with van der Waals surface area (Å²) < 4.78 is 28.8. The van der Waals surface area contributed by atoms with Gasteiger partial charge in [-0.05, 0) is 80.0 Å². The minimum atomic E-state index is -2.84. The van der Waals surface area contributed by atoms with Gasteiger partial charge in [-0.25, -0.2) is 0 Å². The highest BCUT2D eigenvalue weighted by atomic mass is 32.1. The molecule has 0 atom stereocenters. The van der Waals surface area contributed by atoms with E-state index in [9.17, 15) is 8.78 Å². The van der Waals surface area contributed by atoms with E-state index in [-0.39, 0.29) is 5.75 Å². The van der Waals surface area contributed by atoms with Crippen molar-refractivity contribution in [3.63, 3.8) is 0 Å². The van der Waals surface area contributed by atoms with E-state index >= 15 is 0 Å². The average molecular weight is 377 g/mol. The van der Waals surface area contributed by atoms with Gasteiger partial charge in [-0.1, -0.05) is 18.2 Å². The lowest BCUT2D eigenvalue weighted by Crippen LogP contribution is -2.39. The molecule has 0 spiro atoms. The molecule has 2 aromatic rings. The minimum absolute atomic E-state index is 0.110. The Hall–Kier alpha value is -2.67. The van der Waals surface area contributed by atoms with Crippen molar-refractivity contribution in [2.75, 3.05) is 5.32 Å². The molecule has 7 heteroatoms. The summed E-state index contributed by atoms with van der Waals surface area (Å²) in [5.41, 5.74) is 10.7. The van der Waals surface area contributed by atoms with Gasteiger partial charge >= 0.3 is 6.61 Å². The van der Waals surface area contributed by atoms with Crippen molar-refractivity contribution in [3.05, 3.63) is 65.2 Å². The quantitative estimate of drug-likeness (QED) is 0.501. The molecule has 0 radical (unpaired) electrons. The van der Waals surface area contributed by atoms with Crippen molar-refractivity contribution >= 4 is 28.7 Å². The first-order chi connectivity index (χ1) is 12.4. The summed E-state index contributed by atoms with van der Waals surface area (Å²) in [4.78, 5) is 0. The van der Waals surface area contributed by atoms with Gasteiger partial charge in [0.2, 0.25) is 0 Å². The summed E-state index contributed by atoms with van der Waals surface area (Å²) in [7, 11) is 0. The molecule has 4 nitrogen and oxygen atoms in total. The number of halogens is 2. The molecule has 0 saturated heterocycles. The zero-order valence-corrected chi connectivity index (χ0v) is 15.6. The van der Waals surface area contributed by atoms with Crippen LogP contribution in [0, 0.1) is 13.8 Å². The number of allylic oxidation sites excluding steroid dienone is 1. The molecule has 0 aliphatic rings. The molecule has 0 aliphatic carbocycles. The second kappa shape index (κ2) is 9.15. The maximum absolute atomic E-state index is 12.2. The number of hydrogen-bond donors (Lipinski definition) is 3. The number of anilines is 1. The number of alkyl halides is 2. The molecule has 0 amide bonds. The predicted octanol–water partition coefficient (Wildman–Crippen LogP) is 4.76. The van der Waals surface area contributed by atoms with E-state index < -0.39 is 6.61 Å². The SMILES string of the molecule is C/C=C(\NNC(=S)Nc1cccc(C)c1C)c1ccc(OC(F)F)cc1. The van der Waals surface area contributed by atoms with E-state index in [1.54, 1.807) is 12.1 Å². The zero-order valence-electron chi connectivity index (χ0n) is 14.8. The summed E-state index contributed by atoms with van der Waals surface area (Å²) in [5.74, 6) is 0.110. The van der Waals surface area contributed by atoms with Crippen molar-refractivity contribution in [2.24, 2.45) is 0 Å². The van der Waals surface area contributed by atoms with Gasteiger partial charge in [0.15, 0.2) is 5.11 Å². The van der Waals surface area contributed by atoms with Gasteiger partial charge in [-0.15, -0.1) is 0 Å². The molecule has 26 heavy (non-hydrogen) atoms. The van der Waals surface area contributed by atoms with Crippen LogP contribution in [-0.2, 0) is 0 Å². The van der Waals surface area contributed by atoms with Crippen molar-refractivity contribution < 1.29 is 13.5 Å². The minimum Gasteiger partial charge on any atom is -0.435 e. The average Bonchev–Trinajstić information content (AvgIpc) is 2.60. The summed E-state index contributed by atoms with van der Waals surface area (Å²) in [6.45, 7) is 3.08. The van der Waals surface area contributed by atoms with Crippen molar-refractivity contribution in [3.8, 4) is 5.75 Å². The van der Waals surface area contributed by atoms with E-state index in [1.165, 1.54) is 17.7 Å². The van der Waals surface area contributed by atoms with Crippen LogP contribution in [0.5, 0.6) is 5.75 Å². The van der Waals surface area contributed by atoms with Gasteiger partial charge in [-0.3, -0.25) is 10.9 Å².